The van der Waals surface area contributed by atoms with E-state index in [2.05, 4.69) is 10.6 Å². The fourth-order valence-corrected chi connectivity index (χ4v) is 16.4. The molecule has 712 valence electrons. The predicted molar refractivity (Wildman–Crippen MR) is 379 cm³/mol. The zero-order valence-corrected chi connectivity index (χ0v) is 67.1. The lowest BCUT2D eigenvalue weighted by atomic mass is 9.87. The lowest BCUT2D eigenvalue weighted by Crippen LogP contribution is -2.70. The van der Waals surface area contributed by atoms with Gasteiger partial charge in [0.25, 0.3) is 0 Å². The largest absolute Gasteiger partial charge is 0.394 e. The summed E-state index contributed by atoms with van der Waals surface area (Å²) in [6.07, 6.45) is -84.8. The molecule has 123 heavy (non-hydrogen) atoms. The lowest BCUT2D eigenvalue weighted by molar-refractivity contribution is -0.452. The Morgan fingerprint density at radius 2 is 0.756 bits per heavy atom. The van der Waals surface area contributed by atoms with Gasteiger partial charge in [0.2, 0.25) is 11.8 Å². The SMILES string of the molecule is CC(=O)NC1[C@H](O[C@@H]2C(CO)O[C@@H](C(C)C)C(NC(C)=O)[C@H]2O)OC(CO)[C@@H](O[C@@H]2OC(COC3OC(COC4OC(CO)[C@@H](O)[C@H](O)[C@H]4O)[C@@H](O)[C@H](OC4O[C@@H](CO)[C@@H](O)C(O)C4O)[C@H]3O)[C@@H](O)[C@H](O[C@H]3OC[C@@H](O)[C@H](O)C3O[C@@H]3OC(CO)[C@@H](O[C@@H]4OC(CO[C@@H]5CC6OOC(C(O)CO)C(O5)[C@@H]6C)[C@H](O)[C@H](O)C4O)[C@H](O)C3C)C2O)[C@@H]1O.O=C=O. The van der Waals surface area contributed by atoms with E-state index >= 15 is 0 Å². The van der Waals surface area contributed by atoms with Gasteiger partial charge in [0.1, 0.15) is 214 Å². The molecule has 0 aliphatic carbocycles. The van der Waals surface area contributed by atoms with Crippen molar-refractivity contribution in [3.63, 3.8) is 0 Å². The van der Waals surface area contributed by atoms with Crippen LogP contribution in [0.3, 0.4) is 0 Å². The summed E-state index contributed by atoms with van der Waals surface area (Å²) in [6.45, 7) is -0.420. The van der Waals surface area contributed by atoms with Crippen LogP contribution in [0.5, 0.6) is 0 Å². The number of fused-ring (bicyclic) bond motifs is 2. The Bertz CT molecular complexity index is 3260. The first-order valence-corrected chi connectivity index (χ1v) is 40.0. The standard InChI is InChI=1S/C70H118N2O48.CO2/c1-18(2)54-35(71-21(5)79)44(90)58(28(11-76)104-54)113-64-36(72-22(6)80)45(91)59(30(13-78)108-64)115-69-53(99)61(43(89)33(111-69)17-103-66-52(98)60(116-67-50(96)47(93)40(86)27(10-75)106-67)42(88)32(109-66)16-102-65-49(95)46(92)39(85)26(9-74)105-65)117-70-62(38(84)24(82)14-101-70)118-63-20(4)37(83)57(29(12-77)107-63)114-68-51(97)48(94)41(87)31(110-68)15-100-34-7-25-19(3)55(112-34)56(120-119-25)23(81)8-73;2-1-3/h18-20,23-70,73-78,81-99H,7-17H2,1-6H3,(H,71,79)(H,72,80);/t19-,20?,23?,24-,25?,26?,27+,28?,29?,30?,31?,32?,33?,34+,35?,36?,37-,38+,39-,40-,41+,42-,43-,44-,45-,46+,47?,48+,49-,50?,51?,52-,53?,54+,55?,56?,57-,58-,59-,60+,61+,62?,63+,64+,65?,66?,67?,68+,69+,70-;/m1./s1. The molecule has 0 aromatic rings. The summed E-state index contributed by atoms with van der Waals surface area (Å²) in [5.74, 6) is -3.60. The van der Waals surface area contributed by atoms with E-state index in [1.165, 1.54) is 6.92 Å². The molecule has 0 spiro atoms. The Morgan fingerprint density at radius 3 is 1.27 bits per heavy atom. The molecule has 2 bridgehead atoms. The molecule has 11 rings (SSSR count). The third kappa shape index (κ3) is 22.8. The number of nitrogens with one attached hydrogen (secondary N) is 2. The molecule has 0 saturated carbocycles. The van der Waals surface area contributed by atoms with Gasteiger partial charge >= 0.3 is 6.15 Å². The van der Waals surface area contributed by atoms with E-state index in [0.29, 0.717) is 0 Å². The number of hydrogen-bond donors (Lipinski definition) is 27. The second-order valence-electron chi connectivity index (χ2n) is 32.3. The molecule has 52 nitrogen and oxygen atoms in total. The van der Waals surface area contributed by atoms with Gasteiger partial charge in [0.15, 0.2) is 56.6 Å². The van der Waals surface area contributed by atoms with E-state index in [4.69, 9.17) is 109 Å². The van der Waals surface area contributed by atoms with Gasteiger partial charge in [-0.2, -0.15) is 9.59 Å². The molecular formula is C71H118N2O50. The number of aliphatic hydroxyl groups excluding tert-OH is 25. The monoisotopic (exact) mass is 1800 g/mol. The minimum absolute atomic E-state index is 0.0592. The summed E-state index contributed by atoms with van der Waals surface area (Å²) < 4.78 is 114. The van der Waals surface area contributed by atoms with Crippen molar-refractivity contribution in [2.24, 2.45) is 17.8 Å². The lowest BCUT2D eigenvalue weighted by Gasteiger charge is -2.51. The number of aliphatic hydroxyl groups is 25. The van der Waals surface area contributed by atoms with Crippen molar-refractivity contribution in [2.45, 2.75) is 343 Å². The van der Waals surface area contributed by atoms with E-state index < -0.39 is 378 Å². The van der Waals surface area contributed by atoms with Gasteiger partial charge in [-0.1, -0.05) is 27.7 Å². The predicted octanol–water partition coefficient (Wildman–Crippen LogP) is -17.5. The number of carbonyl (C=O) groups excluding carboxylic acids is 4. The summed E-state index contributed by atoms with van der Waals surface area (Å²) in [5, 5.41) is 284. The van der Waals surface area contributed by atoms with Crippen molar-refractivity contribution in [3.05, 3.63) is 0 Å². The number of carbonyl (C=O) groups is 2. The smallest absolute Gasteiger partial charge is 0.373 e. The van der Waals surface area contributed by atoms with Crippen molar-refractivity contribution >= 4 is 18.0 Å². The molecule has 0 aromatic carbocycles. The highest BCUT2D eigenvalue weighted by Crippen LogP contribution is 2.42. The highest BCUT2D eigenvalue weighted by atomic mass is 17.2. The van der Waals surface area contributed by atoms with Gasteiger partial charge in [-0.25, -0.2) is 9.78 Å². The fourth-order valence-electron chi connectivity index (χ4n) is 16.4. The first kappa shape index (κ1) is 102. The van der Waals surface area contributed by atoms with Gasteiger partial charge in [-0.3, -0.25) is 9.59 Å². The summed E-state index contributed by atoms with van der Waals surface area (Å²) in [7, 11) is 0. The molecule has 11 heterocycles. The molecular weight excluding hydrogens is 1680 g/mol. The molecule has 0 aromatic heterocycles. The summed E-state index contributed by atoms with van der Waals surface area (Å²) >= 11 is 0. The maximum atomic E-state index is 13.1. The van der Waals surface area contributed by atoms with Crippen LogP contribution in [-0.4, -0.2) is 506 Å². The Morgan fingerprint density at radius 1 is 0.374 bits per heavy atom. The summed E-state index contributed by atoms with van der Waals surface area (Å²) in [6, 6.07) is -3.03. The van der Waals surface area contributed by atoms with Crippen LogP contribution in [0.25, 0.3) is 0 Å². The highest BCUT2D eigenvalue weighted by Gasteiger charge is 2.61. The van der Waals surface area contributed by atoms with Crippen molar-refractivity contribution in [1.29, 1.82) is 0 Å². The number of hydrogen-bond acceptors (Lipinski definition) is 50. The zero-order valence-electron chi connectivity index (χ0n) is 67.1. The first-order chi connectivity index (χ1) is 58.3. The Labute approximate surface area is 699 Å². The van der Waals surface area contributed by atoms with E-state index in [0.717, 1.165) is 13.8 Å². The second-order valence-corrected chi connectivity index (χ2v) is 32.3. The normalized spacial score (nSPS) is 49.4. The van der Waals surface area contributed by atoms with Crippen molar-refractivity contribution in [2.75, 3.05) is 66.1 Å². The van der Waals surface area contributed by atoms with Gasteiger partial charge in [0, 0.05) is 32.1 Å². The van der Waals surface area contributed by atoms with Crippen LogP contribution in [0.15, 0.2) is 0 Å². The van der Waals surface area contributed by atoms with Crippen LogP contribution in [0.2, 0.25) is 0 Å². The topological polar surface area (TPSA) is 792 Å². The molecule has 27 N–H and O–H groups in total. The minimum Gasteiger partial charge on any atom is -0.394 e. The third-order valence-electron chi connectivity index (χ3n) is 23.5. The van der Waals surface area contributed by atoms with Crippen LogP contribution < -0.4 is 10.6 Å². The second kappa shape index (κ2) is 45.1. The van der Waals surface area contributed by atoms with Crippen LogP contribution in [0.1, 0.15) is 48.0 Å². The molecule has 11 saturated heterocycles. The first-order valence-electron chi connectivity index (χ1n) is 40.0. The maximum absolute atomic E-state index is 13.1. The Balaban J connectivity index is 0.00000520. The van der Waals surface area contributed by atoms with Gasteiger partial charge in [-0.15, -0.1) is 0 Å². The fraction of sp³-hybridized carbons (Fsp3) is 0.958. The molecule has 22 unspecified atom stereocenters. The van der Waals surface area contributed by atoms with Crippen LogP contribution in [-0.2, 0) is 119 Å². The average Bonchev–Trinajstić information content (AvgIpc) is 0.753. The molecule has 11 aliphatic heterocycles. The highest BCUT2D eigenvalue weighted by molar-refractivity contribution is 5.73. The third-order valence-corrected chi connectivity index (χ3v) is 23.5. The number of rotatable bonds is 31. The van der Waals surface area contributed by atoms with Gasteiger partial charge < -0.3 is 228 Å². The van der Waals surface area contributed by atoms with Gasteiger partial charge in [-0.05, 0) is 5.92 Å². The molecule has 11 aliphatic rings. The maximum Gasteiger partial charge on any atom is 0.373 e. The summed E-state index contributed by atoms with van der Waals surface area (Å²) in [4.78, 5) is 52.6. The van der Waals surface area contributed by atoms with E-state index in [1.807, 2.05) is 0 Å². The van der Waals surface area contributed by atoms with Crippen LogP contribution in [0.4, 0.5) is 0 Å². The van der Waals surface area contributed by atoms with Crippen molar-refractivity contribution in [1.82, 2.24) is 10.6 Å². The molecule has 50 atom stereocenters. The average molecular weight is 1800 g/mol. The quantitative estimate of drug-likeness (QED) is 0.0287. The van der Waals surface area contributed by atoms with Crippen LogP contribution in [0, 0.1) is 17.8 Å². The Kier molecular flexibility index (Phi) is 37.2. The zero-order chi connectivity index (χ0) is 90.3. The van der Waals surface area contributed by atoms with E-state index in [-0.39, 0.29) is 24.4 Å². The number of ether oxygens (including phenoxy) is 19. The molecule has 11 fully saturated rings. The molecule has 2 amide bonds. The summed E-state index contributed by atoms with van der Waals surface area (Å²) in [5.41, 5.74) is 0. The Hall–Kier alpha value is -3.52. The minimum atomic E-state index is -2.45. The number of amides is 2. The van der Waals surface area contributed by atoms with E-state index in [9.17, 15) is 137 Å². The molecule has 52 heteroatoms. The van der Waals surface area contributed by atoms with E-state index in [1.54, 1.807) is 20.8 Å². The molecule has 0 radical (unpaired) electrons. The van der Waals surface area contributed by atoms with Crippen molar-refractivity contribution < 1.29 is 247 Å². The van der Waals surface area contributed by atoms with Crippen molar-refractivity contribution in [3.8, 4) is 0 Å². The van der Waals surface area contributed by atoms with Crippen LogP contribution >= 0.6 is 0 Å². The van der Waals surface area contributed by atoms with Gasteiger partial charge in [0.05, 0.1) is 90.4 Å².